The summed E-state index contributed by atoms with van der Waals surface area (Å²) in [6, 6.07) is 15.5. The number of rotatable bonds is 4. The van der Waals surface area contributed by atoms with E-state index in [1.54, 1.807) is 18.6 Å². The highest BCUT2D eigenvalue weighted by atomic mass is 16.3. The lowest BCUT2D eigenvalue weighted by molar-refractivity contribution is 0.465. The molecule has 21 heavy (non-hydrogen) atoms. The van der Waals surface area contributed by atoms with Crippen molar-refractivity contribution >= 4 is 5.69 Å². The van der Waals surface area contributed by atoms with Crippen molar-refractivity contribution in [3.63, 3.8) is 0 Å². The molecule has 0 aliphatic carbocycles. The van der Waals surface area contributed by atoms with Crippen LogP contribution in [0, 0.1) is 0 Å². The highest BCUT2D eigenvalue weighted by Crippen LogP contribution is 2.27. The van der Waals surface area contributed by atoms with E-state index < -0.39 is 0 Å². The minimum Gasteiger partial charge on any atom is -0.508 e. The zero-order valence-corrected chi connectivity index (χ0v) is 11.8. The van der Waals surface area contributed by atoms with Gasteiger partial charge in [0.2, 0.25) is 0 Å². The summed E-state index contributed by atoms with van der Waals surface area (Å²) in [5, 5.41) is 13.3. The fourth-order valence-electron chi connectivity index (χ4n) is 2.35. The van der Waals surface area contributed by atoms with Crippen LogP contribution in [0.2, 0.25) is 0 Å². The molecule has 1 aromatic heterocycles. The molecule has 1 heterocycles. The molecule has 0 saturated heterocycles. The van der Waals surface area contributed by atoms with Gasteiger partial charge in [-0.2, -0.15) is 0 Å². The van der Waals surface area contributed by atoms with Gasteiger partial charge in [-0.3, -0.25) is 0 Å². The number of phenolic OH excluding ortho intramolecular Hbond substituents is 1. The molecule has 1 atom stereocenters. The number of phenols is 1. The van der Waals surface area contributed by atoms with Gasteiger partial charge in [-0.15, -0.1) is 0 Å². The van der Waals surface area contributed by atoms with Crippen LogP contribution in [-0.2, 0) is 0 Å². The molecule has 0 bridgehead atoms. The second kappa shape index (κ2) is 5.71. The number of aromatic hydroxyl groups is 1. The largest absolute Gasteiger partial charge is 0.508 e. The summed E-state index contributed by atoms with van der Waals surface area (Å²) in [5.41, 5.74) is 2.92. The number of nitrogens with one attached hydrogen (secondary N) is 1. The van der Waals surface area contributed by atoms with Crippen molar-refractivity contribution in [2.45, 2.75) is 13.0 Å². The van der Waals surface area contributed by atoms with Gasteiger partial charge in [0.05, 0.1) is 12.4 Å². The maximum absolute atomic E-state index is 9.91. The SMILES string of the molecule is CC(Nc1cccc(-n2ccnc2)c1)c1ccccc1O. The summed E-state index contributed by atoms with van der Waals surface area (Å²) in [5.74, 6) is 0.309. The predicted octanol–water partition coefficient (Wildman–Crippen LogP) is 3.75. The molecule has 0 saturated carbocycles. The number of nitrogens with zero attached hydrogens (tertiary/aromatic N) is 2. The number of benzene rings is 2. The van der Waals surface area contributed by atoms with Crippen molar-refractivity contribution in [3.8, 4) is 11.4 Å². The van der Waals surface area contributed by atoms with Crippen LogP contribution in [-0.4, -0.2) is 14.7 Å². The van der Waals surface area contributed by atoms with E-state index in [2.05, 4.69) is 16.4 Å². The molecular formula is C17H17N3O. The van der Waals surface area contributed by atoms with Gasteiger partial charge in [-0.05, 0) is 31.2 Å². The highest BCUT2D eigenvalue weighted by Gasteiger charge is 2.09. The molecule has 0 aliphatic rings. The number of para-hydroxylation sites is 1. The Kier molecular flexibility index (Phi) is 3.60. The van der Waals surface area contributed by atoms with Crippen molar-refractivity contribution in [2.24, 2.45) is 0 Å². The Labute approximate surface area is 123 Å². The molecule has 0 aliphatic heterocycles. The van der Waals surface area contributed by atoms with E-state index in [0.29, 0.717) is 5.75 Å². The average Bonchev–Trinajstić information content (AvgIpc) is 3.02. The van der Waals surface area contributed by atoms with Gasteiger partial charge in [0.1, 0.15) is 5.75 Å². The Morgan fingerprint density at radius 3 is 2.76 bits per heavy atom. The van der Waals surface area contributed by atoms with Gasteiger partial charge in [0, 0.05) is 29.3 Å². The molecule has 0 amide bonds. The molecule has 0 fully saturated rings. The zero-order chi connectivity index (χ0) is 14.7. The number of hydrogen-bond donors (Lipinski definition) is 2. The second-order valence-electron chi connectivity index (χ2n) is 4.95. The number of anilines is 1. The second-order valence-corrected chi connectivity index (χ2v) is 4.95. The van der Waals surface area contributed by atoms with Crippen LogP contribution in [0.3, 0.4) is 0 Å². The molecule has 0 spiro atoms. The highest BCUT2D eigenvalue weighted by molar-refractivity contribution is 5.53. The monoisotopic (exact) mass is 279 g/mol. The van der Waals surface area contributed by atoms with Crippen LogP contribution in [0.15, 0.2) is 67.3 Å². The van der Waals surface area contributed by atoms with Crippen LogP contribution in [0.5, 0.6) is 5.75 Å². The van der Waals surface area contributed by atoms with Gasteiger partial charge in [0.15, 0.2) is 0 Å². The summed E-state index contributed by atoms with van der Waals surface area (Å²) in [7, 11) is 0. The Morgan fingerprint density at radius 1 is 1.14 bits per heavy atom. The van der Waals surface area contributed by atoms with E-state index in [1.807, 2.05) is 54.1 Å². The topological polar surface area (TPSA) is 50.1 Å². The van der Waals surface area contributed by atoms with Crippen molar-refractivity contribution in [3.05, 3.63) is 72.8 Å². The molecule has 3 aromatic rings. The normalized spacial score (nSPS) is 12.0. The van der Waals surface area contributed by atoms with E-state index in [9.17, 15) is 5.11 Å². The quantitative estimate of drug-likeness (QED) is 0.764. The first-order valence-corrected chi connectivity index (χ1v) is 6.87. The average molecular weight is 279 g/mol. The minimum absolute atomic E-state index is 0.0178. The Morgan fingerprint density at radius 2 is 2.00 bits per heavy atom. The van der Waals surface area contributed by atoms with E-state index in [1.165, 1.54) is 0 Å². The fourth-order valence-corrected chi connectivity index (χ4v) is 2.35. The van der Waals surface area contributed by atoms with Crippen LogP contribution in [0.1, 0.15) is 18.5 Å². The van der Waals surface area contributed by atoms with Crippen LogP contribution < -0.4 is 5.32 Å². The van der Waals surface area contributed by atoms with Crippen molar-refractivity contribution < 1.29 is 5.11 Å². The van der Waals surface area contributed by atoms with Crippen LogP contribution >= 0.6 is 0 Å². The summed E-state index contributed by atoms with van der Waals surface area (Å²) in [4.78, 5) is 4.06. The van der Waals surface area contributed by atoms with Gasteiger partial charge < -0.3 is 15.0 Å². The van der Waals surface area contributed by atoms with E-state index >= 15 is 0 Å². The maximum Gasteiger partial charge on any atom is 0.120 e. The molecule has 0 radical (unpaired) electrons. The third-order valence-corrected chi connectivity index (χ3v) is 3.44. The van der Waals surface area contributed by atoms with E-state index in [-0.39, 0.29) is 6.04 Å². The van der Waals surface area contributed by atoms with Crippen LogP contribution in [0.25, 0.3) is 5.69 Å². The zero-order valence-electron chi connectivity index (χ0n) is 11.8. The standard InChI is InChI=1S/C17H17N3O/c1-13(16-7-2-3-8-17(16)21)19-14-5-4-6-15(11-14)20-10-9-18-12-20/h2-13,19,21H,1H3. The minimum atomic E-state index is 0.0178. The summed E-state index contributed by atoms with van der Waals surface area (Å²) in [6.07, 6.45) is 5.43. The predicted molar refractivity (Wildman–Crippen MR) is 83.7 cm³/mol. The third-order valence-electron chi connectivity index (χ3n) is 3.44. The molecule has 3 rings (SSSR count). The van der Waals surface area contributed by atoms with Crippen molar-refractivity contribution in [2.75, 3.05) is 5.32 Å². The third kappa shape index (κ3) is 2.89. The molecule has 4 heteroatoms. The van der Waals surface area contributed by atoms with E-state index in [4.69, 9.17) is 0 Å². The molecule has 106 valence electrons. The van der Waals surface area contributed by atoms with E-state index in [0.717, 1.165) is 16.9 Å². The van der Waals surface area contributed by atoms with Gasteiger partial charge >= 0.3 is 0 Å². The van der Waals surface area contributed by atoms with Gasteiger partial charge in [0.25, 0.3) is 0 Å². The number of aromatic nitrogens is 2. The summed E-state index contributed by atoms with van der Waals surface area (Å²) in [6.45, 7) is 2.03. The molecule has 1 unspecified atom stereocenters. The molecular weight excluding hydrogens is 262 g/mol. The lowest BCUT2D eigenvalue weighted by atomic mass is 10.1. The van der Waals surface area contributed by atoms with Crippen LogP contribution in [0.4, 0.5) is 5.69 Å². The Balaban J connectivity index is 1.82. The first-order chi connectivity index (χ1) is 10.2. The molecule has 2 aromatic carbocycles. The molecule has 4 nitrogen and oxygen atoms in total. The number of imidazole rings is 1. The lowest BCUT2D eigenvalue weighted by Gasteiger charge is -2.17. The van der Waals surface area contributed by atoms with Crippen molar-refractivity contribution in [1.82, 2.24) is 9.55 Å². The smallest absolute Gasteiger partial charge is 0.120 e. The first-order valence-electron chi connectivity index (χ1n) is 6.87. The van der Waals surface area contributed by atoms with Gasteiger partial charge in [-0.1, -0.05) is 24.3 Å². The maximum atomic E-state index is 9.91. The fraction of sp³-hybridized carbons (Fsp3) is 0.118. The molecule has 2 N–H and O–H groups in total. The Bertz CT molecular complexity index is 722. The number of hydrogen-bond acceptors (Lipinski definition) is 3. The first kappa shape index (κ1) is 13.2. The van der Waals surface area contributed by atoms with Crippen molar-refractivity contribution in [1.29, 1.82) is 0 Å². The summed E-state index contributed by atoms with van der Waals surface area (Å²) >= 11 is 0. The summed E-state index contributed by atoms with van der Waals surface area (Å²) < 4.78 is 1.95. The lowest BCUT2D eigenvalue weighted by Crippen LogP contribution is -2.07. The Hall–Kier alpha value is -2.75. The van der Waals surface area contributed by atoms with Gasteiger partial charge in [-0.25, -0.2) is 4.98 Å².